The fourth-order valence-electron chi connectivity index (χ4n) is 5.07. The summed E-state index contributed by atoms with van der Waals surface area (Å²) in [5, 5.41) is 0. The van der Waals surface area contributed by atoms with Gasteiger partial charge in [-0.3, -0.25) is 9.69 Å². The van der Waals surface area contributed by atoms with Crippen LogP contribution in [0, 0.1) is 11.7 Å². The van der Waals surface area contributed by atoms with E-state index in [-0.39, 0.29) is 17.8 Å². The molecule has 2 fully saturated rings. The van der Waals surface area contributed by atoms with Gasteiger partial charge in [-0.15, -0.1) is 0 Å². The van der Waals surface area contributed by atoms with E-state index in [9.17, 15) is 9.18 Å². The van der Waals surface area contributed by atoms with Crippen molar-refractivity contribution in [2.75, 3.05) is 34.4 Å². The van der Waals surface area contributed by atoms with Crippen LogP contribution < -0.4 is 14.2 Å². The van der Waals surface area contributed by atoms with Crippen molar-refractivity contribution in [2.45, 2.75) is 38.4 Å². The molecule has 0 bridgehead atoms. The Morgan fingerprint density at radius 1 is 0.969 bits per heavy atom. The molecule has 2 heterocycles. The standard InChI is InChI=1S/C25H31FN2O4/c1-30-22-11-18(12-23(31-2)25(22)32-3)13-27-15-19-7-5-9-24(29)28(21(19)16-27)14-17-6-4-8-20(26)10-17/h4,6,8,10-12,19,21H,5,7,9,13-16H2,1-3H3. The van der Waals surface area contributed by atoms with Gasteiger partial charge in [0.2, 0.25) is 11.7 Å². The fourth-order valence-corrected chi connectivity index (χ4v) is 5.07. The second-order valence-electron chi connectivity index (χ2n) is 8.60. The first-order chi connectivity index (χ1) is 15.5. The number of amides is 1. The Kier molecular flexibility index (Phi) is 6.84. The van der Waals surface area contributed by atoms with Crippen molar-refractivity contribution >= 4 is 5.91 Å². The Balaban J connectivity index is 1.53. The van der Waals surface area contributed by atoms with Gasteiger partial charge in [0.1, 0.15) is 5.82 Å². The maximum Gasteiger partial charge on any atom is 0.223 e. The number of likely N-dealkylation sites (tertiary alicyclic amines) is 2. The zero-order valence-corrected chi connectivity index (χ0v) is 19.0. The van der Waals surface area contributed by atoms with E-state index in [0.717, 1.165) is 43.6 Å². The molecule has 0 N–H and O–H groups in total. The summed E-state index contributed by atoms with van der Waals surface area (Å²) in [7, 11) is 4.83. The highest BCUT2D eigenvalue weighted by atomic mass is 19.1. The summed E-state index contributed by atoms with van der Waals surface area (Å²) in [5.41, 5.74) is 1.90. The second-order valence-corrected chi connectivity index (χ2v) is 8.60. The Labute approximate surface area is 188 Å². The average molecular weight is 443 g/mol. The SMILES string of the molecule is COc1cc(CN2CC3CCCC(=O)N(Cc4cccc(F)c4)C3C2)cc(OC)c1OC. The highest BCUT2D eigenvalue weighted by Gasteiger charge is 2.40. The van der Waals surface area contributed by atoms with Crippen molar-refractivity contribution in [1.82, 2.24) is 9.80 Å². The highest BCUT2D eigenvalue weighted by Crippen LogP contribution is 2.39. The predicted molar refractivity (Wildman–Crippen MR) is 119 cm³/mol. The average Bonchev–Trinajstić information content (AvgIpc) is 3.12. The molecule has 0 aromatic heterocycles. The van der Waals surface area contributed by atoms with Gasteiger partial charge in [0.25, 0.3) is 0 Å². The number of hydrogen-bond acceptors (Lipinski definition) is 5. The number of ether oxygens (including phenoxy) is 3. The first-order valence-corrected chi connectivity index (χ1v) is 11.1. The Bertz CT molecular complexity index is 942. The van der Waals surface area contributed by atoms with Gasteiger partial charge < -0.3 is 19.1 Å². The van der Waals surface area contributed by atoms with Gasteiger partial charge in [0, 0.05) is 38.6 Å². The van der Waals surface area contributed by atoms with Crippen LogP contribution in [0.3, 0.4) is 0 Å². The summed E-state index contributed by atoms with van der Waals surface area (Å²) in [4.78, 5) is 17.3. The number of carbonyl (C=O) groups excluding carboxylic acids is 1. The molecule has 2 aromatic carbocycles. The smallest absolute Gasteiger partial charge is 0.223 e. The van der Waals surface area contributed by atoms with Gasteiger partial charge in [-0.05, 0) is 54.2 Å². The maximum atomic E-state index is 13.7. The lowest BCUT2D eigenvalue weighted by Crippen LogP contribution is -2.42. The molecule has 7 heteroatoms. The van der Waals surface area contributed by atoms with Crippen molar-refractivity contribution in [3.05, 3.63) is 53.3 Å². The van der Waals surface area contributed by atoms with E-state index in [1.807, 2.05) is 23.1 Å². The van der Waals surface area contributed by atoms with Crippen LogP contribution in [0.1, 0.15) is 30.4 Å². The number of carbonyl (C=O) groups is 1. The van der Waals surface area contributed by atoms with Crippen molar-refractivity contribution in [3.63, 3.8) is 0 Å². The molecule has 0 saturated carbocycles. The summed E-state index contributed by atoms with van der Waals surface area (Å²) in [6, 6.07) is 10.6. The Hall–Kier alpha value is -2.80. The molecular weight excluding hydrogens is 411 g/mol. The van der Waals surface area contributed by atoms with E-state index in [1.54, 1.807) is 27.4 Å². The topological polar surface area (TPSA) is 51.2 Å². The zero-order valence-electron chi connectivity index (χ0n) is 19.0. The molecule has 2 atom stereocenters. The molecule has 2 aliphatic rings. The molecule has 1 amide bonds. The molecule has 32 heavy (non-hydrogen) atoms. The van der Waals surface area contributed by atoms with Crippen LogP contribution in [-0.4, -0.2) is 56.2 Å². The van der Waals surface area contributed by atoms with Crippen molar-refractivity contribution in [2.24, 2.45) is 5.92 Å². The molecule has 4 rings (SSSR count). The largest absolute Gasteiger partial charge is 0.493 e. The van der Waals surface area contributed by atoms with E-state index in [4.69, 9.17) is 14.2 Å². The van der Waals surface area contributed by atoms with Crippen molar-refractivity contribution in [3.8, 4) is 17.2 Å². The van der Waals surface area contributed by atoms with Crippen molar-refractivity contribution in [1.29, 1.82) is 0 Å². The second kappa shape index (κ2) is 9.77. The molecule has 6 nitrogen and oxygen atoms in total. The number of fused-ring (bicyclic) bond motifs is 1. The number of methoxy groups -OCH3 is 3. The van der Waals surface area contributed by atoms with E-state index >= 15 is 0 Å². The van der Waals surface area contributed by atoms with Crippen LogP contribution in [-0.2, 0) is 17.9 Å². The van der Waals surface area contributed by atoms with Gasteiger partial charge in [0.05, 0.1) is 21.3 Å². The first-order valence-electron chi connectivity index (χ1n) is 11.1. The highest BCUT2D eigenvalue weighted by molar-refractivity contribution is 5.77. The van der Waals surface area contributed by atoms with Gasteiger partial charge in [-0.2, -0.15) is 0 Å². The minimum atomic E-state index is -0.267. The molecule has 0 aliphatic carbocycles. The molecule has 2 unspecified atom stereocenters. The van der Waals surface area contributed by atoms with Crippen LogP contribution in [0.4, 0.5) is 4.39 Å². The lowest BCUT2D eigenvalue weighted by molar-refractivity contribution is -0.133. The zero-order chi connectivity index (χ0) is 22.7. The molecule has 172 valence electrons. The maximum absolute atomic E-state index is 13.7. The van der Waals surface area contributed by atoms with E-state index < -0.39 is 0 Å². The quantitative estimate of drug-likeness (QED) is 0.652. The third kappa shape index (κ3) is 4.67. The number of rotatable bonds is 7. The third-order valence-electron chi connectivity index (χ3n) is 6.54. The first kappa shape index (κ1) is 22.4. The van der Waals surface area contributed by atoms with Gasteiger partial charge in [0.15, 0.2) is 11.5 Å². The lowest BCUT2D eigenvalue weighted by atomic mass is 9.98. The minimum absolute atomic E-state index is 0.135. The van der Waals surface area contributed by atoms with E-state index in [0.29, 0.717) is 36.1 Å². The van der Waals surface area contributed by atoms with Crippen LogP contribution in [0.25, 0.3) is 0 Å². The minimum Gasteiger partial charge on any atom is -0.493 e. The molecule has 0 radical (unpaired) electrons. The molecule has 2 aromatic rings. The van der Waals surface area contributed by atoms with Crippen LogP contribution in [0.5, 0.6) is 17.2 Å². The van der Waals surface area contributed by atoms with E-state index in [2.05, 4.69) is 4.90 Å². The summed E-state index contributed by atoms with van der Waals surface area (Å²) in [6.07, 6.45) is 2.49. The van der Waals surface area contributed by atoms with Crippen LogP contribution in [0.2, 0.25) is 0 Å². The summed E-state index contributed by atoms with van der Waals surface area (Å²) < 4.78 is 30.1. The fraction of sp³-hybridized carbons (Fsp3) is 0.480. The summed E-state index contributed by atoms with van der Waals surface area (Å²) >= 11 is 0. The van der Waals surface area contributed by atoms with Gasteiger partial charge >= 0.3 is 0 Å². The summed E-state index contributed by atoms with van der Waals surface area (Å²) in [6.45, 7) is 2.90. The molecule has 0 spiro atoms. The molecule has 2 saturated heterocycles. The monoisotopic (exact) mass is 442 g/mol. The van der Waals surface area contributed by atoms with E-state index in [1.165, 1.54) is 12.1 Å². The number of benzene rings is 2. The number of nitrogens with zero attached hydrogens (tertiary/aromatic N) is 2. The lowest BCUT2D eigenvalue weighted by Gasteiger charge is -2.30. The van der Waals surface area contributed by atoms with Gasteiger partial charge in [-0.1, -0.05) is 12.1 Å². The number of halogens is 1. The number of hydrogen-bond donors (Lipinski definition) is 0. The molecular formula is C25H31FN2O4. The normalized spacial score (nSPS) is 21.2. The van der Waals surface area contributed by atoms with Gasteiger partial charge in [-0.25, -0.2) is 4.39 Å². The summed E-state index contributed by atoms with van der Waals surface area (Å²) in [5.74, 6) is 2.17. The Morgan fingerprint density at radius 3 is 2.38 bits per heavy atom. The van der Waals surface area contributed by atoms with Crippen molar-refractivity contribution < 1.29 is 23.4 Å². The van der Waals surface area contributed by atoms with Crippen LogP contribution >= 0.6 is 0 Å². The third-order valence-corrected chi connectivity index (χ3v) is 6.54. The Morgan fingerprint density at radius 2 is 1.72 bits per heavy atom. The molecule has 2 aliphatic heterocycles. The predicted octanol–water partition coefficient (Wildman–Crippen LogP) is 3.86. The van der Waals surface area contributed by atoms with Crippen LogP contribution in [0.15, 0.2) is 36.4 Å².